The topological polar surface area (TPSA) is 57.6 Å². The predicted octanol–water partition coefficient (Wildman–Crippen LogP) is 4.93. The highest BCUT2D eigenvalue weighted by molar-refractivity contribution is 6.51. The first-order chi connectivity index (χ1) is 14.0. The largest absolute Gasteiger partial charge is 0.507 e. The van der Waals surface area contributed by atoms with Crippen molar-refractivity contribution in [1.29, 1.82) is 0 Å². The van der Waals surface area contributed by atoms with Gasteiger partial charge in [-0.3, -0.25) is 14.5 Å². The molecule has 1 atom stereocenters. The summed E-state index contributed by atoms with van der Waals surface area (Å²) in [6, 6.07) is 23.3. The van der Waals surface area contributed by atoms with Crippen LogP contribution < -0.4 is 4.90 Å². The number of aliphatic hydroxyl groups excluding tert-OH is 1. The monoisotopic (exact) mass is 383 g/mol. The number of hydrogen-bond acceptors (Lipinski definition) is 3. The van der Waals surface area contributed by atoms with Crippen molar-refractivity contribution in [3.8, 4) is 0 Å². The van der Waals surface area contributed by atoms with Crippen molar-refractivity contribution in [3.05, 3.63) is 107 Å². The summed E-state index contributed by atoms with van der Waals surface area (Å²) in [5, 5.41) is 11.0. The SMILES string of the molecule is Cc1ccc([C@@H]2/C(=C(\O)c3ccccc3)C(=O)C(=O)N2c2cccc(C)c2)cc1. The maximum atomic E-state index is 13.0. The zero-order valence-corrected chi connectivity index (χ0v) is 16.3. The Bertz CT molecular complexity index is 1110. The van der Waals surface area contributed by atoms with Gasteiger partial charge in [-0.2, -0.15) is 0 Å². The van der Waals surface area contributed by atoms with E-state index in [1.807, 2.05) is 68.4 Å². The summed E-state index contributed by atoms with van der Waals surface area (Å²) in [4.78, 5) is 27.6. The molecule has 1 aliphatic rings. The van der Waals surface area contributed by atoms with E-state index in [1.54, 1.807) is 24.3 Å². The lowest BCUT2D eigenvalue weighted by Gasteiger charge is -2.25. The first-order valence-corrected chi connectivity index (χ1v) is 9.47. The summed E-state index contributed by atoms with van der Waals surface area (Å²) in [5.74, 6) is -1.48. The number of aryl methyl sites for hydroxylation is 2. The van der Waals surface area contributed by atoms with Gasteiger partial charge in [0, 0.05) is 11.3 Å². The summed E-state index contributed by atoms with van der Waals surface area (Å²) in [6.07, 6.45) is 0. The van der Waals surface area contributed by atoms with Crippen LogP contribution in [0, 0.1) is 13.8 Å². The Kier molecular flexibility index (Phi) is 4.77. The molecule has 0 radical (unpaired) electrons. The second-order valence-corrected chi connectivity index (χ2v) is 7.28. The number of Topliss-reactive ketones (excluding diaryl/α,β-unsaturated/α-hetero) is 1. The van der Waals surface area contributed by atoms with Gasteiger partial charge in [0.1, 0.15) is 5.76 Å². The van der Waals surface area contributed by atoms with E-state index in [-0.39, 0.29) is 11.3 Å². The zero-order chi connectivity index (χ0) is 20.5. The van der Waals surface area contributed by atoms with Crippen molar-refractivity contribution in [3.63, 3.8) is 0 Å². The van der Waals surface area contributed by atoms with Crippen LogP contribution in [0.25, 0.3) is 5.76 Å². The van der Waals surface area contributed by atoms with E-state index >= 15 is 0 Å². The van der Waals surface area contributed by atoms with E-state index in [0.717, 1.165) is 16.7 Å². The lowest BCUT2D eigenvalue weighted by Crippen LogP contribution is -2.29. The number of hydrogen-bond donors (Lipinski definition) is 1. The van der Waals surface area contributed by atoms with Crippen LogP contribution in [-0.4, -0.2) is 16.8 Å². The van der Waals surface area contributed by atoms with Gasteiger partial charge in [-0.1, -0.05) is 72.3 Å². The quantitative estimate of drug-likeness (QED) is 0.396. The zero-order valence-electron chi connectivity index (χ0n) is 16.3. The molecule has 144 valence electrons. The molecular weight excluding hydrogens is 362 g/mol. The highest BCUT2D eigenvalue weighted by Crippen LogP contribution is 2.42. The van der Waals surface area contributed by atoms with Crippen molar-refractivity contribution < 1.29 is 14.7 Å². The molecule has 0 bridgehead atoms. The third-order valence-electron chi connectivity index (χ3n) is 5.16. The standard InChI is InChI=1S/C25H21NO3/c1-16-11-13-18(14-12-16)22-21(23(27)19-8-4-3-5-9-19)24(28)25(29)26(22)20-10-6-7-17(2)15-20/h3-15,22,27H,1-2H3/b23-21+/t22-/m1/s1. The average molecular weight is 383 g/mol. The van der Waals surface area contributed by atoms with Crippen LogP contribution in [0.4, 0.5) is 5.69 Å². The number of anilines is 1. The fourth-order valence-corrected chi connectivity index (χ4v) is 3.69. The fourth-order valence-electron chi connectivity index (χ4n) is 3.69. The Balaban J connectivity index is 1.96. The second kappa shape index (κ2) is 7.40. The molecular formula is C25H21NO3. The Morgan fingerprint density at radius 1 is 0.828 bits per heavy atom. The molecule has 1 heterocycles. The summed E-state index contributed by atoms with van der Waals surface area (Å²) in [6.45, 7) is 3.91. The Labute approximate surface area is 169 Å². The van der Waals surface area contributed by atoms with Gasteiger partial charge in [-0.15, -0.1) is 0 Å². The molecule has 1 fully saturated rings. The first kappa shape index (κ1) is 18.7. The van der Waals surface area contributed by atoms with Crippen LogP contribution in [0.5, 0.6) is 0 Å². The summed E-state index contributed by atoms with van der Waals surface area (Å²) in [5.41, 5.74) is 4.07. The highest BCUT2D eigenvalue weighted by Gasteiger charge is 2.46. The molecule has 1 saturated heterocycles. The van der Waals surface area contributed by atoms with Gasteiger partial charge in [0.05, 0.1) is 11.6 Å². The van der Waals surface area contributed by atoms with Crippen molar-refractivity contribution in [2.75, 3.05) is 4.90 Å². The predicted molar refractivity (Wildman–Crippen MR) is 114 cm³/mol. The van der Waals surface area contributed by atoms with Gasteiger partial charge in [0.2, 0.25) is 0 Å². The molecule has 0 aliphatic carbocycles. The third-order valence-corrected chi connectivity index (χ3v) is 5.16. The smallest absolute Gasteiger partial charge is 0.300 e. The first-order valence-electron chi connectivity index (χ1n) is 9.47. The van der Waals surface area contributed by atoms with Gasteiger partial charge >= 0.3 is 0 Å². The van der Waals surface area contributed by atoms with Crippen LogP contribution in [0.15, 0.2) is 84.4 Å². The molecule has 0 aromatic heterocycles. The van der Waals surface area contributed by atoms with Gasteiger partial charge in [-0.25, -0.2) is 0 Å². The fraction of sp³-hybridized carbons (Fsp3) is 0.120. The second-order valence-electron chi connectivity index (χ2n) is 7.28. The number of amides is 1. The number of rotatable bonds is 3. The van der Waals surface area contributed by atoms with Crippen LogP contribution in [-0.2, 0) is 9.59 Å². The maximum Gasteiger partial charge on any atom is 0.300 e. The minimum absolute atomic E-state index is 0.103. The molecule has 4 heteroatoms. The van der Waals surface area contributed by atoms with Gasteiger partial charge in [0.15, 0.2) is 0 Å². The molecule has 4 rings (SSSR count). The van der Waals surface area contributed by atoms with Gasteiger partial charge < -0.3 is 5.11 Å². The molecule has 0 saturated carbocycles. The van der Waals surface area contributed by atoms with Crippen LogP contribution in [0.1, 0.15) is 28.3 Å². The number of benzene rings is 3. The molecule has 3 aromatic rings. The van der Waals surface area contributed by atoms with E-state index in [4.69, 9.17) is 0 Å². The molecule has 0 spiro atoms. The summed E-state index contributed by atoms with van der Waals surface area (Å²) >= 11 is 0. The molecule has 4 nitrogen and oxygen atoms in total. The lowest BCUT2D eigenvalue weighted by molar-refractivity contribution is -0.132. The van der Waals surface area contributed by atoms with E-state index in [1.165, 1.54) is 4.90 Å². The Hall–Kier alpha value is -3.66. The molecule has 29 heavy (non-hydrogen) atoms. The van der Waals surface area contributed by atoms with E-state index in [9.17, 15) is 14.7 Å². The highest BCUT2D eigenvalue weighted by atomic mass is 16.3. The van der Waals surface area contributed by atoms with Crippen molar-refractivity contribution >= 4 is 23.1 Å². The summed E-state index contributed by atoms with van der Waals surface area (Å²) < 4.78 is 0. The van der Waals surface area contributed by atoms with E-state index in [2.05, 4.69) is 0 Å². The number of carbonyl (C=O) groups excluding carboxylic acids is 2. The number of ketones is 1. The summed E-state index contributed by atoms with van der Waals surface area (Å²) in [7, 11) is 0. The molecule has 0 unspecified atom stereocenters. The van der Waals surface area contributed by atoms with E-state index < -0.39 is 17.7 Å². The molecule has 1 aliphatic heterocycles. The van der Waals surface area contributed by atoms with E-state index in [0.29, 0.717) is 11.3 Å². The molecule has 3 aromatic carbocycles. The Morgan fingerprint density at radius 2 is 1.52 bits per heavy atom. The Morgan fingerprint density at radius 3 is 2.17 bits per heavy atom. The number of carbonyl (C=O) groups is 2. The van der Waals surface area contributed by atoms with Crippen LogP contribution in [0.2, 0.25) is 0 Å². The average Bonchev–Trinajstić information content (AvgIpc) is 2.99. The number of nitrogens with zero attached hydrogens (tertiary/aromatic N) is 1. The normalized spacial score (nSPS) is 18.3. The number of aliphatic hydroxyl groups is 1. The molecule has 1 N–H and O–H groups in total. The van der Waals surface area contributed by atoms with Gasteiger partial charge in [-0.05, 0) is 37.1 Å². The third kappa shape index (κ3) is 3.34. The van der Waals surface area contributed by atoms with Crippen LogP contribution in [0.3, 0.4) is 0 Å². The lowest BCUT2D eigenvalue weighted by atomic mass is 9.94. The maximum absolute atomic E-state index is 13.0. The van der Waals surface area contributed by atoms with Crippen molar-refractivity contribution in [2.24, 2.45) is 0 Å². The molecule has 1 amide bonds. The van der Waals surface area contributed by atoms with Crippen LogP contribution >= 0.6 is 0 Å². The van der Waals surface area contributed by atoms with Gasteiger partial charge in [0.25, 0.3) is 11.7 Å². The van der Waals surface area contributed by atoms with Crippen molar-refractivity contribution in [2.45, 2.75) is 19.9 Å². The minimum atomic E-state index is -0.697. The van der Waals surface area contributed by atoms with Crippen molar-refractivity contribution in [1.82, 2.24) is 0 Å². The minimum Gasteiger partial charge on any atom is -0.507 e.